The van der Waals surface area contributed by atoms with E-state index in [1.807, 2.05) is 0 Å². The summed E-state index contributed by atoms with van der Waals surface area (Å²) in [6.45, 7) is 3.87. The van der Waals surface area contributed by atoms with E-state index in [0.29, 0.717) is 24.5 Å². The topological polar surface area (TPSA) is 95.1 Å². The van der Waals surface area contributed by atoms with Crippen LogP contribution in [0.2, 0.25) is 0 Å². The molecule has 0 aliphatic heterocycles. The minimum Gasteiger partial charge on any atom is -0.389 e. The lowest BCUT2D eigenvalue weighted by Crippen LogP contribution is -2.45. The summed E-state index contributed by atoms with van der Waals surface area (Å²) in [6.07, 6.45) is 5.63. The Hall–Kier alpha value is -0.920. The Kier molecular flexibility index (Phi) is 4.51. The number of H-pyrrole nitrogens is 1. The number of aryl methyl sites for hydroxylation is 1. The predicted octanol–water partition coefficient (Wildman–Crippen LogP) is 1.33. The Bertz CT molecular complexity index is 545. The molecule has 0 saturated heterocycles. The zero-order chi connectivity index (χ0) is 14.8. The van der Waals surface area contributed by atoms with Crippen LogP contribution in [0.4, 0.5) is 0 Å². The first-order chi connectivity index (χ1) is 9.36. The van der Waals surface area contributed by atoms with E-state index in [1.165, 1.54) is 6.20 Å². The molecular weight excluding hydrogens is 278 g/mol. The quantitative estimate of drug-likeness (QED) is 0.764. The number of aromatic nitrogens is 2. The van der Waals surface area contributed by atoms with Gasteiger partial charge in [-0.2, -0.15) is 5.10 Å². The van der Waals surface area contributed by atoms with Crippen LogP contribution in [0.5, 0.6) is 0 Å². The molecule has 1 heterocycles. The molecule has 0 unspecified atom stereocenters. The highest BCUT2D eigenvalue weighted by molar-refractivity contribution is 7.89. The van der Waals surface area contributed by atoms with E-state index in [1.54, 1.807) is 6.92 Å². The normalized spacial score (nSPS) is 27.6. The van der Waals surface area contributed by atoms with Crippen LogP contribution in [0, 0.1) is 12.8 Å². The maximum Gasteiger partial charge on any atom is 0.244 e. The van der Waals surface area contributed by atoms with Gasteiger partial charge >= 0.3 is 0 Å². The van der Waals surface area contributed by atoms with Crippen LogP contribution in [0.25, 0.3) is 0 Å². The second-order valence-corrected chi connectivity index (χ2v) is 7.50. The number of aromatic amines is 1. The second kappa shape index (κ2) is 5.83. The van der Waals surface area contributed by atoms with Crippen molar-refractivity contribution in [2.45, 2.75) is 56.4 Å². The molecule has 1 aliphatic rings. The van der Waals surface area contributed by atoms with Gasteiger partial charge in [-0.05, 0) is 38.5 Å². The Morgan fingerprint density at radius 3 is 2.65 bits per heavy atom. The molecule has 0 bridgehead atoms. The van der Waals surface area contributed by atoms with Gasteiger partial charge in [0.05, 0.1) is 17.5 Å². The standard InChI is InChI=1S/C13H23N3O3S/c1-3-11-4-6-13(17,7-5-11)9-15-20(18,19)12-8-14-16-10(12)2/h8,11,15,17H,3-7,9H2,1-2H3,(H,14,16). The molecule has 1 aromatic heterocycles. The monoisotopic (exact) mass is 301 g/mol. The van der Waals surface area contributed by atoms with Crippen molar-refractivity contribution in [3.8, 4) is 0 Å². The van der Waals surface area contributed by atoms with Gasteiger partial charge in [0.15, 0.2) is 0 Å². The van der Waals surface area contributed by atoms with Gasteiger partial charge in [-0.25, -0.2) is 13.1 Å². The van der Waals surface area contributed by atoms with E-state index < -0.39 is 15.6 Å². The average molecular weight is 301 g/mol. The van der Waals surface area contributed by atoms with Gasteiger partial charge in [-0.15, -0.1) is 0 Å². The predicted molar refractivity (Wildman–Crippen MR) is 75.7 cm³/mol. The highest BCUT2D eigenvalue weighted by Gasteiger charge is 2.34. The van der Waals surface area contributed by atoms with Crippen molar-refractivity contribution in [3.63, 3.8) is 0 Å². The molecule has 1 saturated carbocycles. The largest absolute Gasteiger partial charge is 0.389 e. The number of rotatable bonds is 5. The molecule has 1 aliphatic carbocycles. The van der Waals surface area contributed by atoms with Crippen molar-refractivity contribution in [1.82, 2.24) is 14.9 Å². The lowest BCUT2D eigenvalue weighted by molar-refractivity contribution is -0.00442. The van der Waals surface area contributed by atoms with Crippen LogP contribution in [0.1, 0.15) is 44.7 Å². The van der Waals surface area contributed by atoms with E-state index in [4.69, 9.17) is 0 Å². The molecule has 114 valence electrons. The molecule has 3 N–H and O–H groups in total. The third kappa shape index (κ3) is 3.39. The maximum atomic E-state index is 12.1. The minimum absolute atomic E-state index is 0.0659. The van der Waals surface area contributed by atoms with Crippen molar-refractivity contribution in [3.05, 3.63) is 11.9 Å². The van der Waals surface area contributed by atoms with Crippen molar-refractivity contribution < 1.29 is 13.5 Å². The van der Waals surface area contributed by atoms with Crippen LogP contribution in [0.15, 0.2) is 11.1 Å². The molecule has 2 rings (SSSR count). The van der Waals surface area contributed by atoms with Crippen molar-refractivity contribution in [2.24, 2.45) is 5.92 Å². The molecule has 1 aromatic rings. The van der Waals surface area contributed by atoms with Crippen LogP contribution in [-0.2, 0) is 10.0 Å². The van der Waals surface area contributed by atoms with E-state index in [2.05, 4.69) is 21.8 Å². The molecule has 0 radical (unpaired) electrons. The Labute approximate surface area is 120 Å². The summed E-state index contributed by atoms with van der Waals surface area (Å²) in [5.74, 6) is 0.656. The van der Waals surface area contributed by atoms with Crippen molar-refractivity contribution in [1.29, 1.82) is 0 Å². The van der Waals surface area contributed by atoms with Crippen LogP contribution >= 0.6 is 0 Å². The fourth-order valence-corrected chi connectivity index (χ4v) is 3.97. The summed E-state index contributed by atoms with van der Waals surface area (Å²) >= 11 is 0. The number of aliphatic hydroxyl groups is 1. The zero-order valence-electron chi connectivity index (χ0n) is 12.0. The first kappa shape index (κ1) is 15.5. The van der Waals surface area contributed by atoms with Crippen LogP contribution in [0.3, 0.4) is 0 Å². The summed E-state index contributed by atoms with van der Waals surface area (Å²) in [5, 5.41) is 16.8. The average Bonchev–Trinajstić information content (AvgIpc) is 2.85. The lowest BCUT2D eigenvalue weighted by atomic mass is 9.78. The highest BCUT2D eigenvalue weighted by atomic mass is 32.2. The summed E-state index contributed by atoms with van der Waals surface area (Å²) < 4.78 is 26.8. The van der Waals surface area contributed by atoms with Gasteiger partial charge in [-0.1, -0.05) is 13.3 Å². The lowest BCUT2D eigenvalue weighted by Gasteiger charge is -2.35. The highest BCUT2D eigenvalue weighted by Crippen LogP contribution is 2.33. The van der Waals surface area contributed by atoms with Crippen LogP contribution < -0.4 is 4.72 Å². The summed E-state index contributed by atoms with van der Waals surface area (Å²) in [5.41, 5.74) is -0.421. The van der Waals surface area contributed by atoms with Gasteiger partial charge in [0.1, 0.15) is 4.90 Å². The summed E-state index contributed by atoms with van der Waals surface area (Å²) in [7, 11) is -3.61. The Morgan fingerprint density at radius 1 is 1.50 bits per heavy atom. The van der Waals surface area contributed by atoms with Crippen molar-refractivity contribution in [2.75, 3.05) is 6.54 Å². The SMILES string of the molecule is CCC1CCC(O)(CNS(=O)(=O)c2cn[nH]c2C)CC1. The number of sulfonamides is 1. The van der Waals surface area contributed by atoms with Gasteiger partial charge in [-0.3, -0.25) is 5.10 Å². The molecule has 1 fully saturated rings. The van der Waals surface area contributed by atoms with Gasteiger partial charge < -0.3 is 5.11 Å². The molecule has 7 heteroatoms. The van der Waals surface area contributed by atoms with Gasteiger partial charge in [0, 0.05) is 6.54 Å². The van der Waals surface area contributed by atoms with E-state index in [-0.39, 0.29) is 11.4 Å². The molecule has 0 aromatic carbocycles. The molecule has 20 heavy (non-hydrogen) atoms. The van der Waals surface area contributed by atoms with Gasteiger partial charge in [0.25, 0.3) is 0 Å². The van der Waals surface area contributed by atoms with Gasteiger partial charge in [0.2, 0.25) is 10.0 Å². The fraction of sp³-hybridized carbons (Fsp3) is 0.769. The third-order valence-corrected chi connectivity index (χ3v) is 5.79. The zero-order valence-corrected chi connectivity index (χ0v) is 12.8. The summed E-state index contributed by atoms with van der Waals surface area (Å²) in [4.78, 5) is 0.142. The number of nitrogens with one attached hydrogen (secondary N) is 2. The molecule has 6 nitrogen and oxygen atoms in total. The van der Waals surface area contributed by atoms with E-state index in [9.17, 15) is 13.5 Å². The minimum atomic E-state index is -3.61. The number of nitrogens with zero attached hydrogens (tertiary/aromatic N) is 1. The van der Waals surface area contributed by atoms with Crippen LogP contribution in [-0.4, -0.2) is 35.9 Å². The molecule has 0 atom stereocenters. The Balaban J connectivity index is 1.97. The second-order valence-electron chi connectivity index (χ2n) is 5.76. The fourth-order valence-electron chi connectivity index (χ4n) is 2.72. The molecular formula is C13H23N3O3S. The number of hydrogen-bond acceptors (Lipinski definition) is 4. The summed E-state index contributed by atoms with van der Waals surface area (Å²) in [6, 6.07) is 0. The molecule has 0 amide bonds. The number of hydrogen-bond donors (Lipinski definition) is 3. The third-order valence-electron chi connectivity index (χ3n) is 4.28. The smallest absolute Gasteiger partial charge is 0.244 e. The molecule has 0 spiro atoms. The van der Waals surface area contributed by atoms with Crippen molar-refractivity contribution >= 4 is 10.0 Å². The maximum absolute atomic E-state index is 12.1. The Morgan fingerprint density at radius 2 is 2.15 bits per heavy atom. The van der Waals surface area contributed by atoms with E-state index >= 15 is 0 Å². The first-order valence-electron chi connectivity index (χ1n) is 7.08. The first-order valence-corrected chi connectivity index (χ1v) is 8.56. The van der Waals surface area contributed by atoms with E-state index in [0.717, 1.165) is 19.3 Å².